The van der Waals surface area contributed by atoms with Crippen molar-refractivity contribution in [3.63, 3.8) is 0 Å². The van der Waals surface area contributed by atoms with E-state index < -0.39 is 0 Å². The van der Waals surface area contributed by atoms with Crippen molar-refractivity contribution >= 4 is 6.03 Å². The van der Waals surface area contributed by atoms with Crippen LogP contribution in [0.25, 0.3) is 0 Å². The number of nitrogens with zero attached hydrogens (tertiary/aromatic N) is 1. The normalized spacial score (nSPS) is 17.1. The molecule has 23 heavy (non-hydrogen) atoms. The number of carbonyl (C=O) groups is 1. The molecule has 2 N–H and O–H groups in total. The number of hydrogen-bond acceptors (Lipinski definition) is 2. The Kier molecular flexibility index (Phi) is 5.32. The number of carbonyl (C=O) groups excluding carboxylic acids is 1. The molecule has 1 aromatic carbocycles. The first kappa shape index (κ1) is 15.6. The van der Waals surface area contributed by atoms with Gasteiger partial charge in [0.25, 0.3) is 0 Å². The zero-order chi connectivity index (χ0) is 15.9. The number of nitrogens with one attached hydrogen (secondary N) is 2. The minimum absolute atomic E-state index is 0.145. The molecule has 3 rings (SSSR count). The molecule has 0 saturated carbocycles. The highest BCUT2D eigenvalue weighted by Crippen LogP contribution is 2.10. The third kappa shape index (κ3) is 4.60. The predicted octanol–water partition coefficient (Wildman–Crippen LogP) is 2.51. The number of benzene rings is 1. The van der Waals surface area contributed by atoms with Gasteiger partial charge in [-0.05, 0) is 30.5 Å². The molecule has 1 saturated heterocycles. The highest BCUT2D eigenvalue weighted by atomic mass is 16.5. The van der Waals surface area contributed by atoms with Crippen LogP contribution in [-0.2, 0) is 17.8 Å². The van der Waals surface area contributed by atoms with Crippen molar-refractivity contribution in [1.82, 2.24) is 15.2 Å². The van der Waals surface area contributed by atoms with Gasteiger partial charge in [0, 0.05) is 31.6 Å². The van der Waals surface area contributed by atoms with Gasteiger partial charge in [-0.25, -0.2) is 4.79 Å². The molecule has 1 aliphatic rings. The van der Waals surface area contributed by atoms with Gasteiger partial charge in [0.2, 0.25) is 0 Å². The molecule has 1 fully saturated rings. The quantitative estimate of drug-likeness (QED) is 0.861. The van der Waals surface area contributed by atoms with Crippen molar-refractivity contribution in [2.45, 2.75) is 32.0 Å². The standard InChI is InChI=1S/C18H23N3O2/c22-18(20-13-17-9-5-11-23-17)19-12-16-8-4-10-21(16)14-15-6-2-1-3-7-15/h1-4,6-8,10,17H,5,9,11-14H2,(H2,19,20,22)/t17-/m1/s1. The Labute approximate surface area is 136 Å². The van der Waals surface area contributed by atoms with Crippen LogP contribution in [0.5, 0.6) is 0 Å². The Morgan fingerprint density at radius 2 is 2.04 bits per heavy atom. The van der Waals surface area contributed by atoms with E-state index in [0.717, 1.165) is 31.7 Å². The summed E-state index contributed by atoms with van der Waals surface area (Å²) in [5.74, 6) is 0. The smallest absolute Gasteiger partial charge is 0.315 e. The fourth-order valence-electron chi connectivity index (χ4n) is 2.79. The minimum atomic E-state index is -0.145. The van der Waals surface area contributed by atoms with Crippen LogP contribution in [0.15, 0.2) is 48.7 Å². The van der Waals surface area contributed by atoms with Crippen LogP contribution in [0, 0.1) is 0 Å². The van der Waals surface area contributed by atoms with E-state index in [2.05, 4.69) is 27.3 Å². The number of urea groups is 1. The first-order valence-corrected chi connectivity index (χ1v) is 8.12. The lowest BCUT2D eigenvalue weighted by molar-refractivity contribution is 0.111. The second kappa shape index (κ2) is 7.83. The molecule has 5 nitrogen and oxygen atoms in total. The maximum absolute atomic E-state index is 11.9. The van der Waals surface area contributed by atoms with Crippen molar-refractivity contribution in [1.29, 1.82) is 0 Å². The SMILES string of the molecule is O=C(NCc1cccn1Cc1ccccc1)NC[C@H]1CCCO1. The van der Waals surface area contributed by atoms with Gasteiger partial charge >= 0.3 is 6.03 Å². The molecule has 2 aromatic rings. The summed E-state index contributed by atoms with van der Waals surface area (Å²) in [7, 11) is 0. The average molecular weight is 313 g/mol. The molecule has 0 unspecified atom stereocenters. The maximum atomic E-state index is 11.9. The van der Waals surface area contributed by atoms with Crippen LogP contribution < -0.4 is 10.6 Å². The first-order valence-electron chi connectivity index (χ1n) is 8.12. The molecule has 0 radical (unpaired) electrons. The molecular formula is C18H23N3O2. The van der Waals surface area contributed by atoms with Gasteiger partial charge in [-0.1, -0.05) is 30.3 Å². The lowest BCUT2D eigenvalue weighted by Gasteiger charge is -2.13. The van der Waals surface area contributed by atoms with Gasteiger partial charge in [-0.15, -0.1) is 0 Å². The Balaban J connectivity index is 1.46. The maximum Gasteiger partial charge on any atom is 0.315 e. The van der Waals surface area contributed by atoms with Crippen LogP contribution in [-0.4, -0.2) is 29.9 Å². The predicted molar refractivity (Wildman–Crippen MR) is 89.2 cm³/mol. The van der Waals surface area contributed by atoms with Crippen LogP contribution in [0.4, 0.5) is 4.79 Å². The van der Waals surface area contributed by atoms with Gasteiger partial charge in [0.1, 0.15) is 0 Å². The summed E-state index contributed by atoms with van der Waals surface area (Å²) in [5.41, 5.74) is 2.33. The lowest BCUT2D eigenvalue weighted by Crippen LogP contribution is -2.39. The number of hydrogen-bond donors (Lipinski definition) is 2. The van der Waals surface area contributed by atoms with Gasteiger partial charge in [0.15, 0.2) is 0 Å². The van der Waals surface area contributed by atoms with E-state index >= 15 is 0 Å². The summed E-state index contributed by atoms with van der Waals surface area (Å²) < 4.78 is 7.64. The highest BCUT2D eigenvalue weighted by Gasteiger charge is 2.16. The van der Waals surface area contributed by atoms with Crippen molar-refractivity contribution in [3.8, 4) is 0 Å². The van der Waals surface area contributed by atoms with Gasteiger partial charge in [0.05, 0.1) is 12.6 Å². The zero-order valence-electron chi connectivity index (χ0n) is 13.2. The molecule has 5 heteroatoms. The number of ether oxygens (including phenoxy) is 1. The zero-order valence-corrected chi connectivity index (χ0v) is 13.2. The second-order valence-electron chi connectivity index (χ2n) is 5.81. The molecule has 2 amide bonds. The van der Waals surface area contributed by atoms with E-state index in [9.17, 15) is 4.79 Å². The van der Waals surface area contributed by atoms with E-state index in [1.54, 1.807) is 0 Å². The van der Waals surface area contributed by atoms with Crippen molar-refractivity contribution in [2.75, 3.05) is 13.2 Å². The fraction of sp³-hybridized carbons (Fsp3) is 0.389. The van der Waals surface area contributed by atoms with Gasteiger partial charge < -0.3 is 19.9 Å². The summed E-state index contributed by atoms with van der Waals surface area (Å²) in [6.07, 6.45) is 4.32. The van der Waals surface area contributed by atoms with Crippen LogP contribution in [0.2, 0.25) is 0 Å². The minimum Gasteiger partial charge on any atom is -0.376 e. The van der Waals surface area contributed by atoms with E-state index in [0.29, 0.717) is 13.1 Å². The van der Waals surface area contributed by atoms with Crippen LogP contribution in [0.3, 0.4) is 0 Å². The van der Waals surface area contributed by atoms with Gasteiger partial charge in [-0.2, -0.15) is 0 Å². The third-order valence-electron chi connectivity index (χ3n) is 4.06. The van der Waals surface area contributed by atoms with Crippen LogP contribution >= 0.6 is 0 Å². The summed E-state index contributed by atoms with van der Waals surface area (Å²) in [6.45, 7) is 2.71. The summed E-state index contributed by atoms with van der Waals surface area (Å²) >= 11 is 0. The molecule has 1 atom stereocenters. The average Bonchev–Trinajstić information content (AvgIpc) is 3.24. The molecule has 1 aliphatic heterocycles. The van der Waals surface area contributed by atoms with Crippen LogP contribution in [0.1, 0.15) is 24.1 Å². The van der Waals surface area contributed by atoms with E-state index in [1.807, 2.05) is 36.5 Å². The third-order valence-corrected chi connectivity index (χ3v) is 4.06. The Hall–Kier alpha value is -2.27. The summed E-state index contributed by atoms with van der Waals surface area (Å²) in [5, 5.41) is 5.78. The molecular weight excluding hydrogens is 290 g/mol. The molecule has 122 valence electrons. The first-order chi connectivity index (χ1) is 11.3. The van der Waals surface area contributed by atoms with Crippen molar-refractivity contribution in [3.05, 3.63) is 59.9 Å². The Morgan fingerprint density at radius 1 is 1.17 bits per heavy atom. The molecule has 0 spiro atoms. The van der Waals surface area contributed by atoms with E-state index in [4.69, 9.17) is 4.74 Å². The largest absolute Gasteiger partial charge is 0.376 e. The number of rotatable bonds is 6. The summed E-state index contributed by atoms with van der Waals surface area (Å²) in [4.78, 5) is 11.9. The molecule has 1 aromatic heterocycles. The fourth-order valence-corrected chi connectivity index (χ4v) is 2.79. The second-order valence-corrected chi connectivity index (χ2v) is 5.81. The van der Waals surface area contributed by atoms with Crippen molar-refractivity contribution in [2.24, 2.45) is 0 Å². The van der Waals surface area contributed by atoms with E-state index in [1.165, 1.54) is 5.56 Å². The molecule has 2 heterocycles. The highest BCUT2D eigenvalue weighted by molar-refractivity contribution is 5.73. The molecule has 0 aliphatic carbocycles. The van der Waals surface area contributed by atoms with Crippen molar-refractivity contribution < 1.29 is 9.53 Å². The number of amides is 2. The number of aromatic nitrogens is 1. The van der Waals surface area contributed by atoms with Gasteiger partial charge in [-0.3, -0.25) is 0 Å². The Bertz CT molecular complexity index is 618. The summed E-state index contributed by atoms with van der Waals surface area (Å²) in [6, 6.07) is 14.2. The lowest BCUT2D eigenvalue weighted by atomic mass is 10.2. The topological polar surface area (TPSA) is 55.3 Å². The monoisotopic (exact) mass is 313 g/mol. The van der Waals surface area contributed by atoms with E-state index in [-0.39, 0.29) is 12.1 Å². The molecule has 0 bridgehead atoms. The Morgan fingerprint density at radius 3 is 2.83 bits per heavy atom.